The molecule has 1 heterocycles. The Morgan fingerprint density at radius 2 is 1.66 bits per heavy atom. The van der Waals surface area contributed by atoms with Gasteiger partial charge in [-0.25, -0.2) is 0 Å². The molecule has 0 atom stereocenters. The molecule has 0 saturated heterocycles. The summed E-state index contributed by atoms with van der Waals surface area (Å²) in [6.07, 6.45) is 5.98. The molecule has 4 aromatic rings. The lowest BCUT2D eigenvalue weighted by Crippen LogP contribution is -2.41. The van der Waals surface area contributed by atoms with Crippen LogP contribution in [0.4, 0.5) is 0 Å². The zero-order valence-electron chi connectivity index (χ0n) is 18.1. The molecule has 3 aromatic carbocycles. The molecule has 5 nitrogen and oxygen atoms in total. The van der Waals surface area contributed by atoms with Gasteiger partial charge in [-0.05, 0) is 29.2 Å². The number of carbonyl (C=O) groups excluding carboxylic acids is 1. The maximum Gasteiger partial charge on any atom is 0.246 e. The molecule has 0 radical (unpaired) electrons. The van der Waals surface area contributed by atoms with E-state index in [0.717, 1.165) is 47.6 Å². The highest BCUT2D eigenvalue weighted by Crippen LogP contribution is 2.26. The fraction of sp³-hybridized carbons (Fsp3) is 0.296. The largest absolute Gasteiger partial charge is 0.337 e. The number of carbonyl (C=O) groups is 1. The molecule has 1 aliphatic rings. The molecule has 1 aromatic heterocycles. The van der Waals surface area contributed by atoms with Crippen LogP contribution in [0.2, 0.25) is 0 Å². The van der Waals surface area contributed by atoms with Crippen LogP contribution in [0.25, 0.3) is 22.2 Å². The van der Waals surface area contributed by atoms with Crippen molar-refractivity contribution in [1.29, 1.82) is 0 Å². The van der Waals surface area contributed by atoms with E-state index in [1.165, 1.54) is 6.42 Å². The molecule has 5 rings (SSSR count). The minimum Gasteiger partial charge on any atom is -0.337 e. The van der Waals surface area contributed by atoms with Gasteiger partial charge in [0.1, 0.15) is 6.54 Å². The summed E-state index contributed by atoms with van der Waals surface area (Å²) in [5.74, 6) is 1.17. The van der Waals surface area contributed by atoms with Gasteiger partial charge in [0.25, 0.3) is 0 Å². The predicted molar refractivity (Wildman–Crippen MR) is 125 cm³/mol. The van der Waals surface area contributed by atoms with Crippen LogP contribution in [0.3, 0.4) is 0 Å². The van der Waals surface area contributed by atoms with Crippen molar-refractivity contribution >= 4 is 16.7 Å². The average Bonchev–Trinajstić information content (AvgIpc) is 3.33. The third-order valence-electron chi connectivity index (χ3n) is 6.36. The Balaban J connectivity index is 1.39. The third-order valence-corrected chi connectivity index (χ3v) is 6.36. The van der Waals surface area contributed by atoms with E-state index in [2.05, 4.69) is 34.4 Å². The number of aromatic nitrogens is 2. The van der Waals surface area contributed by atoms with Gasteiger partial charge in [-0.15, -0.1) is 0 Å². The fourth-order valence-electron chi connectivity index (χ4n) is 4.69. The smallest absolute Gasteiger partial charge is 0.246 e. The topological polar surface area (TPSA) is 59.2 Å². The maximum atomic E-state index is 13.6. The van der Waals surface area contributed by atoms with Gasteiger partial charge in [0, 0.05) is 11.6 Å². The quantitative estimate of drug-likeness (QED) is 0.392. The first-order valence-corrected chi connectivity index (χ1v) is 11.4. The number of benzene rings is 3. The minimum atomic E-state index is 0.118. The maximum absolute atomic E-state index is 13.6. The molecule has 5 heteroatoms. The summed E-state index contributed by atoms with van der Waals surface area (Å²) in [5.41, 5.74) is 1.97. The lowest BCUT2D eigenvalue weighted by molar-refractivity contribution is -0.134. The van der Waals surface area contributed by atoms with Crippen LogP contribution in [0.1, 0.15) is 43.6 Å². The predicted octanol–water partition coefficient (Wildman–Crippen LogP) is 5.79. The Bertz CT molecular complexity index is 1190. The summed E-state index contributed by atoms with van der Waals surface area (Å²) in [6, 6.07) is 24.4. The van der Waals surface area contributed by atoms with E-state index >= 15 is 0 Å². The summed E-state index contributed by atoms with van der Waals surface area (Å²) in [7, 11) is 0. The second kappa shape index (κ2) is 9.35. The Morgan fingerprint density at radius 1 is 0.906 bits per heavy atom. The highest BCUT2D eigenvalue weighted by molar-refractivity contribution is 5.90. The van der Waals surface area contributed by atoms with Crippen LogP contribution < -0.4 is 0 Å². The molecule has 0 spiro atoms. The van der Waals surface area contributed by atoms with E-state index in [4.69, 9.17) is 4.52 Å². The first kappa shape index (κ1) is 20.4. The van der Waals surface area contributed by atoms with Gasteiger partial charge < -0.3 is 9.42 Å². The molecule has 0 aliphatic heterocycles. The molecular weight excluding hydrogens is 398 g/mol. The Morgan fingerprint density at radius 3 is 2.50 bits per heavy atom. The number of hydrogen-bond donors (Lipinski definition) is 0. The summed E-state index contributed by atoms with van der Waals surface area (Å²) in [6.45, 7) is 0.355. The summed E-state index contributed by atoms with van der Waals surface area (Å²) < 4.78 is 5.56. The lowest BCUT2D eigenvalue weighted by Gasteiger charge is -2.33. The molecule has 0 unspecified atom stereocenters. The first-order chi connectivity index (χ1) is 15.8. The van der Waals surface area contributed by atoms with E-state index in [-0.39, 0.29) is 11.9 Å². The van der Waals surface area contributed by atoms with E-state index in [9.17, 15) is 4.79 Å². The normalized spacial score (nSPS) is 14.5. The zero-order valence-corrected chi connectivity index (χ0v) is 18.1. The Kier molecular flexibility index (Phi) is 5.97. The summed E-state index contributed by atoms with van der Waals surface area (Å²) >= 11 is 0. The van der Waals surface area contributed by atoms with Crippen LogP contribution in [-0.4, -0.2) is 27.0 Å². The molecule has 162 valence electrons. The molecular formula is C27H27N3O2. The van der Waals surface area contributed by atoms with Crippen LogP contribution >= 0.6 is 0 Å². The van der Waals surface area contributed by atoms with Gasteiger partial charge in [-0.1, -0.05) is 97.2 Å². The first-order valence-electron chi connectivity index (χ1n) is 11.4. The van der Waals surface area contributed by atoms with Crippen molar-refractivity contribution in [3.05, 3.63) is 84.3 Å². The second-order valence-electron chi connectivity index (χ2n) is 8.51. The molecule has 1 saturated carbocycles. The molecule has 1 fully saturated rings. The van der Waals surface area contributed by atoms with Crippen LogP contribution in [0.5, 0.6) is 0 Å². The number of fused-ring (bicyclic) bond motifs is 1. The van der Waals surface area contributed by atoms with E-state index < -0.39 is 0 Å². The highest BCUT2D eigenvalue weighted by atomic mass is 16.5. The van der Waals surface area contributed by atoms with Gasteiger partial charge >= 0.3 is 0 Å². The van der Waals surface area contributed by atoms with Gasteiger partial charge in [0.15, 0.2) is 0 Å². The fourth-order valence-corrected chi connectivity index (χ4v) is 4.69. The molecule has 1 aliphatic carbocycles. The Hall–Kier alpha value is -3.47. The van der Waals surface area contributed by atoms with Crippen molar-refractivity contribution in [2.45, 2.75) is 51.1 Å². The lowest BCUT2D eigenvalue weighted by atomic mass is 9.93. The van der Waals surface area contributed by atoms with Gasteiger partial charge in [0.2, 0.25) is 17.6 Å². The number of rotatable bonds is 6. The van der Waals surface area contributed by atoms with Crippen molar-refractivity contribution < 1.29 is 9.32 Å². The molecule has 0 bridgehead atoms. The van der Waals surface area contributed by atoms with E-state index in [0.29, 0.717) is 24.7 Å². The summed E-state index contributed by atoms with van der Waals surface area (Å²) in [5, 5.41) is 6.44. The zero-order chi connectivity index (χ0) is 21.8. The third kappa shape index (κ3) is 4.42. The van der Waals surface area contributed by atoms with Crippen LogP contribution in [0, 0.1) is 0 Å². The van der Waals surface area contributed by atoms with E-state index in [1.54, 1.807) is 0 Å². The van der Waals surface area contributed by atoms with Gasteiger partial charge in [-0.2, -0.15) is 4.98 Å². The van der Waals surface area contributed by atoms with E-state index in [1.807, 2.05) is 53.4 Å². The van der Waals surface area contributed by atoms with Crippen LogP contribution in [0.15, 0.2) is 77.3 Å². The monoisotopic (exact) mass is 425 g/mol. The van der Waals surface area contributed by atoms with Crippen molar-refractivity contribution in [3.8, 4) is 11.4 Å². The highest BCUT2D eigenvalue weighted by Gasteiger charge is 2.27. The number of amides is 1. The molecule has 32 heavy (non-hydrogen) atoms. The average molecular weight is 426 g/mol. The second-order valence-corrected chi connectivity index (χ2v) is 8.51. The van der Waals surface area contributed by atoms with Crippen LogP contribution in [-0.2, 0) is 17.8 Å². The minimum absolute atomic E-state index is 0.118. The molecule has 1 amide bonds. The standard InChI is InChI=1S/C27H27N3O2/c31-26(18-22-14-9-13-20-10-7-8-17-24(20)22)30(23-15-5-2-6-16-23)19-25-28-27(29-32-25)21-11-3-1-4-12-21/h1,3-4,7-14,17,23H,2,5-6,15-16,18-19H2. The number of hydrogen-bond acceptors (Lipinski definition) is 4. The van der Waals surface area contributed by atoms with Gasteiger partial charge in [0.05, 0.1) is 6.42 Å². The van der Waals surface area contributed by atoms with Crippen molar-refractivity contribution in [3.63, 3.8) is 0 Å². The Labute approximate surface area is 188 Å². The van der Waals surface area contributed by atoms with Gasteiger partial charge in [-0.3, -0.25) is 4.79 Å². The summed E-state index contributed by atoms with van der Waals surface area (Å²) in [4.78, 5) is 20.1. The van der Waals surface area contributed by atoms with Crippen molar-refractivity contribution in [1.82, 2.24) is 15.0 Å². The van der Waals surface area contributed by atoms with Crippen molar-refractivity contribution in [2.75, 3.05) is 0 Å². The number of nitrogens with zero attached hydrogens (tertiary/aromatic N) is 3. The SMILES string of the molecule is O=C(Cc1cccc2ccccc12)N(Cc1nc(-c2ccccc2)no1)C1CCCCC1. The van der Waals surface area contributed by atoms with Crippen molar-refractivity contribution in [2.24, 2.45) is 0 Å². The molecule has 0 N–H and O–H groups in total.